The summed E-state index contributed by atoms with van der Waals surface area (Å²) in [5, 5.41) is 9.06. The van der Waals surface area contributed by atoms with Gasteiger partial charge < -0.3 is 5.11 Å². The summed E-state index contributed by atoms with van der Waals surface area (Å²) in [5.41, 5.74) is -0.686. The zero-order chi connectivity index (χ0) is 17.3. The molecule has 5 nitrogen and oxygen atoms in total. The number of hydrogen-bond donors (Lipinski definition) is 1. The molecule has 24 heavy (non-hydrogen) atoms. The highest BCUT2D eigenvalue weighted by Crippen LogP contribution is 2.34. The van der Waals surface area contributed by atoms with E-state index in [4.69, 9.17) is 5.11 Å². The summed E-state index contributed by atoms with van der Waals surface area (Å²) in [5.74, 6) is -4.06. The van der Waals surface area contributed by atoms with Crippen LogP contribution in [0.5, 0.6) is 0 Å². The van der Waals surface area contributed by atoms with Crippen LogP contribution in [0.15, 0.2) is 48.5 Å². The van der Waals surface area contributed by atoms with Crippen molar-refractivity contribution in [2.24, 2.45) is 5.92 Å². The zero-order valence-electron chi connectivity index (χ0n) is 12.6. The first kappa shape index (κ1) is 15.9. The summed E-state index contributed by atoms with van der Waals surface area (Å²) >= 11 is 0. The third kappa shape index (κ3) is 2.90. The molecule has 0 radical (unpaired) electrons. The van der Waals surface area contributed by atoms with Gasteiger partial charge in [-0.3, -0.25) is 9.59 Å². The van der Waals surface area contributed by atoms with Crippen LogP contribution in [0.3, 0.4) is 0 Å². The van der Waals surface area contributed by atoms with E-state index in [-0.39, 0.29) is 17.2 Å². The number of benzene rings is 2. The average molecular weight is 327 g/mol. The summed E-state index contributed by atoms with van der Waals surface area (Å²) in [6.45, 7) is 0. The number of carbonyl (C=O) groups excluding carboxylic acids is 2. The Hall–Kier alpha value is -3.02. The molecule has 0 aromatic heterocycles. The molecule has 0 atom stereocenters. The number of nitrogens with zero attached hydrogens (tertiary/aromatic N) is 1. The number of amides is 2. The second kappa shape index (κ2) is 6.23. The summed E-state index contributed by atoms with van der Waals surface area (Å²) in [7, 11) is 0. The molecule has 2 amide bonds. The second-order valence-electron chi connectivity index (χ2n) is 5.56. The molecule has 122 valence electrons. The minimum Gasteiger partial charge on any atom is -0.478 e. The molecule has 2 aromatic rings. The molecule has 2 aromatic carbocycles. The molecule has 0 saturated heterocycles. The number of halogens is 1. The highest BCUT2D eigenvalue weighted by molar-refractivity contribution is 6.22. The van der Waals surface area contributed by atoms with Crippen molar-refractivity contribution in [3.05, 3.63) is 65.5 Å². The summed E-state index contributed by atoms with van der Waals surface area (Å²) in [6, 6.07) is 11.7. The SMILES string of the molecule is O=C(O)c1cccc(N(C(=O)c2ccccc2)C(=O)C2CC2)c1F. The van der Waals surface area contributed by atoms with Crippen LogP contribution in [0, 0.1) is 11.7 Å². The summed E-state index contributed by atoms with van der Waals surface area (Å²) in [6.07, 6.45) is 1.27. The van der Waals surface area contributed by atoms with Crippen molar-refractivity contribution in [3.8, 4) is 0 Å². The molecular weight excluding hydrogens is 313 g/mol. The van der Waals surface area contributed by atoms with Crippen molar-refractivity contribution in [1.29, 1.82) is 0 Å². The Morgan fingerprint density at radius 1 is 1.00 bits per heavy atom. The van der Waals surface area contributed by atoms with E-state index < -0.39 is 29.2 Å². The molecule has 6 heteroatoms. The number of imide groups is 1. The lowest BCUT2D eigenvalue weighted by molar-refractivity contribution is -0.119. The molecule has 0 spiro atoms. The van der Waals surface area contributed by atoms with Gasteiger partial charge in [-0.25, -0.2) is 14.1 Å². The molecule has 1 aliphatic rings. The molecule has 1 saturated carbocycles. The van der Waals surface area contributed by atoms with Crippen LogP contribution in [0.2, 0.25) is 0 Å². The molecular formula is C18H14FNO4. The van der Waals surface area contributed by atoms with Gasteiger partial charge in [0.1, 0.15) is 0 Å². The minimum atomic E-state index is -1.46. The van der Waals surface area contributed by atoms with Crippen molar-refractivity contribution in [3.63, 3.8) is 0 Å². The number of aromatic carboxylic acids is 1. The molecule has 0 aliphatic heterocycles. The van der Waals surface area contributed by atoms with Crippen molar-refractivity contribution in [2.75, 3.05) is 4.90 Å². The summed E-state index contributed by atoms with van der Waals surface area (Å²) in [4.78, 5) is 37.2. The smallest absolute Gasteiger partial charge is 0.338 e. The van der Waals surface area contributed by atoms with Gasteiger partial charge in [0, 0.05) is 11.5 Å². The van der Waals surface area contributed by atoms with Crippen LogP contribution in [-0.2, 0) is 4.79 Å². The van der Waals surface area contributed by atoms with Crippen molar-refractivity contribution >= 4 is 23.5 Å². The number of carboxylic acid groups (broad SMARTS) is 1. The van der Waals surface area contributed by atoms with E-state index in [1.165, 1.54) is 24.3 Å². The van der Waals surface area contributed by atoms with E-state index in [1.807, 2.05) is 0 Å². The van der Waals surface area contributed by atoms with Crippen LogP contribution in [-0.4, -0.2) is 22.9 Å². The lowest BCUT2D eigenvalue weighted by Crippen LogP contribution is -2.39. The Morgan fingerprint density at radius 3 is 2.25 bits per heavy atom. The van der Waals surface area contributed by atoms with Gasteiger partial charge in [-0.2, -0.15) is 0 Å². The number of carboxylic acids is 1. The second-order valence-corrected chi connectivity index (χ2v) is 5.56. The predicted octanol–water partition coefficient (Wildman–Crippen LogP) is 3.11. The van der Waals surface area contributed by atoms with E-state index in [1.54, 1.807) is 18.2 Å². The molecule has 1 aliphatic carbocycles. The quantitative estimate of drug-likeness (QED) is 0.876. The van der Waals surface area contributed by atoms with Crippen LogP contribution in [0.4, 0.5) is 10.1 Å². The van der Waals surface area contributed by atoms with Gasteiger partial charge >= 0.3 is 5.97 Å². The fourth-order valence-electron chi connectivity index (χ4n) is 2.41. The molecule has 1 fully saturated rings. The Balaban J connectivity index is 2.09. The predicted molar refractivity (Wildman–Crippen MR) is 84.3 cm³/mol. The minimum absolute atomic E-state index is 0.228. The van der Waals surface area contributed by atoms with Gasteiger partial charge in [0.15, 0.2) is 5.82 Å². The van der Waals surface area contributed by atoms with Gasteiger partial charge in [0.25, 0.3) is 5.91 Å². The normalized spacial score (nSPS) is 13.4. The van der Waals surface area contributed by atoms with Crippen LogP contribution >= 0.6 is 0 Å². The van der Waals surface area contributed by atoms with Gasteiger partial charge in [-0.15, -0.1) is 0 Å². The molecule has 0 bridgehead atoms. The molecule has 1 N–H and O–H groups in total. The third-order valence-corrected chi connectivity index (χ3v) is 3.82. The Bertz CT molecular complexity index is 815. The van der Waals surface area contributed by atoms with Gasteiger partial charge in [0.2, 0.25) is 5.91 Å². The molecule has 0 unspecified atom stereocenters. The van der Waals surface area contributed by atoms with Gasteiger partial charge in [-0.1, -0.05) is 24.3 Å². The first-order chi connectivity index (χ1) is 11.5. The lowest BCUT2D eigenvalue weighted by Gasteiger charge is -2.22. The van der Waals surface area contributed by atoms with E-state index >= 15 is 0 Å². The van der Waals surface area contributed by atoms with Crippen molar-refractivity contribution in [2.45, 2.75) is 12.8 Å². The third-order valence-electron chi connectivity index (χ3n) is 3.82. The molecule has 0 heterocycles. The first-order valence-electron chi connectivity index (χ1n) is 7.46. The number of hydrogen-bond acceptors (Lipinski definition) is 3. The van der Waals surface area contributed by atoms with E-state index in [2.05, 4.69) is 0 Å². The standard InChI is InChI=1S/C18H14FNO4/c19-15-13(18(23)24)7-4-8-14(15)20(17(22)12-9-10-12)16(21)11-5-2-1-3-6-11/h1-8,12H,9-10H2,(H,23,24). The maximum atomic E-state index is 14.6. The van der Waals surface area contributed by atoms with Gasteiger partial charge in [0.05, 0.1) is 11.3 Å². The fourth-order valence-corrected chi connectivity index (χ4v) is 2.41. The highest BCUT2D eigenvalue weighted by Gasteiger charge is 2.38. The maximum absolute atomic E-state index is 14.6. The first-order valence-corrected chi connectivity index (χ1v) is 7.46. The summed E-state index contributed by atoms with van der Waals surface area (Å²) < 4.78 is 14.6. The zero-order valence-corrected chi connectivity index (χ0v) is 12.6. The maximum Gasteiger partial charge on any atom is 0.338 e. The van der Waals surface area contributed by atoms with E-state index in [0.29, 0.717) is 12.8 Å². The number of rotatable bonds is 4. The van der Waals surface area contributed by atoms with Crippen LogP contribution < -0.4 is 4.90 Å². The monoisotopic (exact) mass is 327 g/mol. The van der Waals surface area contributed by atoms with Crippen molar-refractivity contribution in [1.82, 2.24) is 0 Å². The number of anilines is 1. The lowest BCUT2D eigenvalue weighted by atomic mass is 10.1. The fraction of sp³-hybridized carbons (Fsp3) is 0.167. The van der Waals surface area contributed by atoms with Crippen LogP contribution in [0.1, 0.15) is 33.6 Å². The molecule has 3 rings (SSSR count). The van der Waals surface area contributed by atoms with E-state index in [0.717, 1.165) is 11.0 Å². The Morgan fingerprint density at radius 2 is 1.67 bits per heavy atom. The van der Waals surface area contributed by atoms with Gasteiger partial charge in [-0.05, 0) is 37.1 Å². The van der Waals surface area contributed by atoms with E-state index in [9.17, 15) is 18.8 Å². The largest absolute Gasteiger partial charge is 0.478 e. The topological polar surface area (TPSA) is 74.7 Å². The van der Waals surface area contributed by atoms with Crippen molar-refractivity contribution < 1.29 is 23.9 Å². The Kier molecular flexibility index (Phi) is 4.12. The Labute approximate surface area is 137 Å². The number of carbonyl (C=O) groups is 3. The highest BCUT2D eigenvalue weighted by atomic mass is 19.1. The average Bonchev–Trinajstić information content (AvgIpc) is 3.42. The van der Waals surface area contributed by atoms with Crippen LogP contribution in [0.25, 0.3) is 0 Å².